The highest BCUT2D eigenvalue weighted by Crippen LogP contribution is 2.24. The van der Waals surface area contributed by atoms with Crippen LogP contribution in [0.25, 0.3) is 6.08 Å². The van der Waals surface area contributed by atoms with Crippen LogP contribution in [0, 0.1) is 0 Å². The van der Waals surface area contributed by atoms with Gasteiger partial charge in [-0.2, -0.15) is 8.42 Å². The van der Waals surface area contributed by atoms with Crippen molar-refractivity contribution in [2.24, 2.45) is 0 Å². The molecule has 0 spiro atoms. The van der Waals surface area contributed by atoms with Gasteiger partial charge in [-0.05, 0) is 47.7 Å². The lowest BCUT2D eigenvalue weighted by molar-refractivity contribution is 0.486. The average molecular weight is 316 g/mol. The molecule has 2 aromatic rings. The Morgan fingerprint density at radius 1 is 1.09 bits per heavy atom. The minimum absolute atomic E-state index is 0.129. The van der Waals surface area contributed by atoms with Crippen LogP contribution >= 0.6 is 0 Å². The summed E-state index contributed by atoms with van der Waals surface area (Å²) in [6.45, 7) is 7.89. The molecule has 0 aliphatic carbocycles. The molecule has 0 aliphatic rings. The zero-order chi connectivity index (χ0) is 16.2. The van der Waals surface area contributed by atoms with Crippen LogP contribution in [0.1, 0.15) is 37.3 Å². The van der Waals surface area contributed by atoms with Gasteiger partial charge in [-0.25, -0.2) is 0 Å². The zero-order valence-corrected chi connectivity index (χ0v) is 13.6. The molecule has 1 atom stereocenters. The van der Waals surface area contributed by atoms with E-state index in [1.807, 2.05) is 12.1 Å². The van der Waals surface area contributed by atoms with E-state index in [4.69, 9.17) is 4.18 Å². The molecule has 22 heavy (non-hydrogen) atoms. The zero-order valence-electron chi connectivity index (χ0n) is 12.8. The molecule has 0 saturated carbocycles. The molecule has 0 heterocycles. The second-order valence-electron chi connectivity index (χ2n) is 5.19. The monoisotopic (exact) mass is 316 g/mol. The maximum Gasteiger partial charge on any atom is 0.339 e. The van der Waals surface area contributed by atoms with Gasteiger partial charge in [0.25, 0.3) is 0 Å². The number of hydrogen-bond acceptors (Lipinski definition) is 3. The van der Waals surface area contributed by atoms with E-state index >= 15 is 0 Å². The van der Waals surface area contributed by atoms with Crippen molar-refractivity contribution >= 4 is 16.2 Å². The van der Waals surface area contributed by atoms with E-state index < -0.39 is 10.1 Å². The Kier molecular flexibility index (Phi) is 5.03. The molecule has 2 aromatic carbocycles. The Hall–Kier alpha value is -2.07. The molecule has 0 radical (unpaired) electrons. The van der Waals surface area contributed by atoms with E-state index in [0.29, 0.717) is 11.7 Å². The number of rotatable bonds is 6. The third-order valence-electron chi connectivity index (χ3n) is 3.67. The van der Waals surface area contributed by atoms with Crippen molar-refractivity contribution in [2.75, 3.05) is 0 Å². The summed E-state index contributed by atoms with van der Waals surface area (Å²) in [7, 11) is -3.81. The van der Waals surface area contributed by atoms with Crippen LogP contribution in [0.2, 0.25) is 0 Å². The average Bonchev–Trinajstić information content (AvgIpc) is 2.54. The van der Waals surface area contributed by atoms with Crippen LogP contribution in [0.4, 0.5) is 0 Å². The van der Waals surface area contributed by atoms with E-state index in [1.54, 1.807) is 30.3 Å². The fraction of sp³-hybridized carbons (Fsp3) is 0.222. The Bertz CT molecular complexity index is 729. The third kappa shape index (κ3) is 3.77. The minimum atomic E-state index is -3.81. The van der Waals surface area contributed by atoms with Gasteiger partial charge in [0.1, 0.15) is 10.6 Å². The standard InChI is InChI=1S/C18H20O3S/c1-4-14(3)16-8-10-17(11-9-16)21-22(19,20)18-12-6-15(5-2)7-13-18/h5-14H,2,4H2,1,3H3. The maximum atomic E-state index is 12.2. The predicted octanol–water partition coefficient (Wildman–Crippen LogP) is 4.61. The van der Waals surface area contributed by atoms with E-state index in [2.05, 4.69) is 20.4 Å². The van der Waals surface area contributed by atoms with Crippen LogP contribution in [-0.2, 0) is 10.1 Å². The van der Waals surface area contributed by atoms with E-state index in [-0.39, 0.29) is 4.90 Å². The Morgan fingerprint density at radius 2 is 1.68 bits per heavy atom. The highest BCUT2D eigenvalue weighted by molar-refractivity contribution is 7.87. The summed E-state index contributed by atoms with van der Waals surface area (Å²) in [6, 6.07) is 13.6. The molecule has 1 unspecified atom stereocenters. The van der Waals surface area contributed by atoms with E-state index in [9.17, 15) is 8.42 Å². The van der Waals surface area contributed by atoms with Gasteiger partial charge >= 0.3 is 10.1 Å². The van der Waals surface area contributed by atoms with Gasteiger partial charge < -0.3 is 4.18 Å². The Morgan fingerprint density at radius 3 is 2.18 bits per heavy atom. The topological polar surface area (TPSA) is 43.4 Å². The molecule has 4 heteroatoms. The number of benzene rings is 2. The molecule has 0 fully saturated rings. The fourth-order valence-corrected chi connectivity index (χ4v) is 2.96. The normalized spacial score (nSPS) is 12.6. The van der Waals surface area contributed by atoms with E-state index in [1.165, 1.54) is 17.7 Å². The second-order valence-corrected chi connectivity index (χ2v) is 6.74. The molecule has 2 rings (SSSR count). The van der Waals surface area contributed by atoms with Gasteiger partial charge in [0, 0.05) is 0 Å². The van der Waals surface area contributed by atoms with Crippen LogP contribution < -0.4 is 4.18 Å². The first-order valence-corrected chi connectivity index (χ1v) is 8.64. The molecular formula is C18H20O3S. The van der Waals surface area contributed by atoms with Gasteiger partial charge in [0.2, 0.25) is 0 Å². The summed E-state index contributed by atoms with van der Waals surface area (Å²) in [5.74, 6) is 0.761. The predicted molar refractivity (Wildman–Crippen MR) is 89.5 cm³/mol. The van der Waals surface area contributed by atoms with Crippen LogP contribution in [0.3, 0.4) is 0 Å². The molecule has 0 amide bonds. The lowest BCUT2D eigenvalue weighted by atomic mass is 9.99. The Labute approximate surface area is 132 Å². The summed E-state index contributed by atoms with van der Waals surface area (Å²) in [5, 5.41) is 0. The SMILES string of the molecule is C=Cc1ccc(S(=O)(=O)Oc2ccc(C(C)CC)cc2)cc1. The quantitative estimate of drug-likeness (QED) is 0.731. The van der Waals surface area contributed by atoms with Gasteiger partial charge in [-0.15, -0.1) is 0 Å². The first-order chi connectivity index (χ1) is 10.5. The van der Waals surface area contributed by atoms with Crippen LogP contribution in [0.15, 0.2) is 60.0 Å². The summed E-state index contributed by atoms with van der Waals surface area (Å²) in [6.07, 6.45) is 2.69. The molecule has 3 nitrogen and oxygen atoms in total. The minimum Gasteiger partial charge on any atom is -0.379 e. The highest BCUT2D eigenvalue weighted by Gasteiger charge is 2.16. The van der Waals surface area contributed by atoms with Crippen LogP contribution in [-0.4, -0.2) is 8.42 Å². The van der Waals surface area contributed by atoms with E-state index in [0.717, 1.165) is 12.0 Å². The van der Waals surface area contributed by atoms with Crippen molar-refractivity contribution in [3.8, 4) is 5.75 Å². The largest absolute Gasteiger partial charge is 0.379 e. The van der Waals surface area contributed by atoms with Crippen molar-refractivity contribution in [2.45, 2.75) is 31.1 Å². The molecule has 0 aliphatic heterocycles. The van der Waals surface area contributed by atoms with Gasteiger partial charge in [-0.3, -0.25) is 0 Å². The number of hydrogen-bond donors (Lipinski definition) is 0. The molecule has 116 valence electrons. The highest BCUT2D eigenvalue weighted by atomic mass is 32.2. The van der Waals surface area contributed by atoms with Crippen molar-refractivity contribution in [3.63, 3.8) is 0 Å². The lowest BCUT2D eigenvalue weighted by Crippen LogP contribution is -2.09. The Balaban J connectivity index is 2.19. The lowest BCUT2D eigenvalue weighted by Gasteiger charge is -2.11. The maximum absolute atomic E-state index is 12.2. The molecule has 0 N–H and O–H groups in total. The van der Waals surface area contributed by atoms with Crippen molar-refractivity contribution in [1.82, 2.24) is 0 Å². The first kappa shape index (κ1) is 16.3. The molecule has 0 aromatic heterocycles. The van der Waals surface area contributed by atoms with Gasteiger partial charge in [0.05, 0.1) is 0 Å². The molecule has 0 saturated heterocycles. The fourth-order valence-electron chi connectivity index (χ4n) is 2.03. The van der Waals surface area contributed by atoms with Gasteiger partial charge in [0.15, 0.2) is 0 Å². The summed E-state index contributed by atoms with van der Waals surface area (Å²) >= 11 is 0. The van der Waals surface area contributed by atoms with Crippen molar-refractivity contribution in [1.29, 1.82) is 0 Å². The van der Waals surface area contributed by atoms with Crippen molar-refractivity contribution < 1.29 is 12.6 Å². The molecule has 0 bridgehead atoms. The first-order valence-electron chi connectivity index (χ1n) is 7.23. The third-order valence-corrected chi connectivity index (χ3v) is 4.93. The second kappa shape index (κ2) is 6.79. The van der Waals surface area contributed by atoms with Gasteiger partial charge in [-0.1, -0.05) is 50.8 Å². The van der Waals surface area contributed by atoms with Crippen LogP contribution in [0.5, 0.6) is 5.75 Å². The summed E-state index contributed by atoms with van der Waals surface area (Å²) in [5.41, 5.74) is 2.03. The van der Waals surface area contributed by atoms with Crippen molar-refractivity contribution in [3.05, 3.63) is 66.2 Å². The molecular weight excluding hydrogens is 296 g/mol. The summed E-state index contributed by atoms with van der Waals surface area (Å²) < 4.78 is 29.6. The summed E-state index contributed by atoms with van der Waals surface area (Å²) in [4.78, 5) is 0.129. The smallest absolute Gasteiger partial charge is 0.339 e.